The summed E-state index contributed by atoms with van der Waals surface area (Å²) in [5, 5.41) is 16.2. The molecule has 0 fully saturated rings. The van der Waals surface area contributed by atoms with Crippen LogP contribution in [0.1, 0.15) is 6.92 Å². The third-order valence-corrected chi connectivity index (χ3v) is 3.91. The van der Waals surface area contributed by atoms with E-state index in [1.165, 1.54) is 0 Å². The van der Waals surface area contributed by atoms with Crippen molar-refractivity contribution in [2.75, 3.05) is 17.2 Å². The number of nitrogens with one attached hydrogen (secondary N) is 2. The number of rotatable bonds is 6. The number of para-hydroxylation sites is 1. The van der Waals surface area contributed by atoms with E-state index in [2.05, 4.69) is 20.6 Å². The van der Waals surface area contributed by atoms with Gasteiger partial charge in [-0.2, -0.15) is 4.98 Å². The smallest absolute Gasteiger partial charge is 0.225 e. The van der Waals surface area contributed by atoms with Gasteiger partial charge in [0.1, 0.15) is 5.82 Å². The molecule has 0 bridgehead atoms. The van der Waals surface area contributed by atoms with E-state index >= 15 is 0 Å². The summed E-state index contributed by atoms with van der Waals surface area (Å²) in [5.74, 6) is 1.06. The highest BCUT2D eigenvalue weighted by atomic mass is 35.5. The van der Waals surface area contributed by atoms with Crippen LogP contribution in [0.15, 0.2) is 60.7 Å². The Hall–Kier alpha value is -2.63. The fourth-order valence-electron chi connectivity index (χ4n) is 2.30. The lowest BCUT2D eigenvalue weighted by Crippen LogP contribution is -2.21. The van der Waals surface area contributed by atoms with Crippen LogP contribution in [0.3, 0.4) is 0 Å². The van der Waals surface area contributed by atoms with Crippen molar-refractivity contribution in [2.45, 2.75) is 13.0 Å². The molecule has 25 heavy (non-hydrogen) atoms. The molecule has 3 rings (SSSR count). The molecule has 0 aliphatic rings. The lowest BCUT2D eigenvalue weighted by molar-refractivity contribution is 0.281. The minimum Gasteiger partial charge on any atom is -0.394 e. The van der Waals surface area contributed by atoms with Gasteiger partial charge in [0.25, 0.3) is 0 Å². The lowest BCUT2D eigenvalue weighted by atomic mass is 10.1. The number of aliphatic hydroxyl groups excluding tert-OH is 1. The molecular weight excluding hydrogens is 336 g/mol. The Labute approximate surface area is 151 Å². The molecule has 0 amide bonds. The summed E-state index contributed by atoms with van der Waals surface area (Å²) >= 11 is 6.22. The molecule has 0 spiro atoms. The zero-order valence-corrected chi connectivity index (χ0v) is 14.5. The third-order valence-electron chi connectivity index (χ3n) is 3.58. The molecule has 0 saturated carbocycles. The zero-order valence-electron chi connectivity index (χ0n) is 13.8. The Balaban J connectivity index is 1.99. The van der Waals surface area contributed by atoms with Crippen molar-refractivity contribution in [3.63, 3.8) is 0 Å². The van der Waals surface area contributed by atoms with Gasteiger partial charge in [0.2, 0.25) is 5.95 Å². The number of hydrogen-bond donors (Lipinski definition) is 3. The number of benzene rings is 2. The third kappa shape index (κ3) is 4.47. The predicted molar refractivity (Wildman–Crippen MR) is 102 cm³/mol. The maximum atomic E-state index is 9.27. The highest BCUT2D eigenvalue weighted by molar-refractivity contribution is 6.33. The van der Waals surface area contributed by atoms with E-state index < -0.39 is 0 Å². The van der Waals surface area contributed by atoms with Gasteiger partial charge in [-0.05, 0) is 19.1 Å². The number of nitrogens with zero attached hydrogens (tertiary/aromatic N) is 2. The van der Waals surface area contributed by atoms with Crippen molar-refractivity contribution in [3.05, 3.63) is 65.7 Å². The Bertz CT molecular complexity index is 842. The summed E-state index contributed by atoms with van der Waals surface area (Å²) in [7, 11) is 0. The average molecular weight is 355 g/mol. The summed E-state index contributed by atoms with van der Waals surface area (Å²) < 4.78 is 0. The minimum atomic E-state index is -0.154. The van der Waals surface area contributed by atoms with Crippen molar-refractivity contribution < 1.29 is 5.11 Å². The molecular formula is C19H19ClN4O. The van der Waals surface area contributed by atoms with E-state index in [1.807, 2.05) is 67.6 Å². The van der Waals surface area contributed by atoms with Crippen LogP contribution in [-0.2, 0) is 0 Å². The Morgan fingerprint density at radius 1 is 1.04 bits per heavy atom. The van der Waals surface area contributed by atoms with Crippen LogP contribution >= 0.6 is 11.6 Å². The summed E-state index contributed by atoms with van der Waals surface area (Å²) in [6, 6.07) is 19.0. The van der Waals surface area contributed by atoms with E-state index in [9.17, 15) is 5.11 Å². The van der Waals surface area contributed by atoms with Crippen LogP contribution < -0.4 is 10.6 Å². The molecule has 3 N–H and O–H groups in total. The standard InChI is InChI=1S/C19H19ClN4O/c1-13(12-25)21-19-23-17(14-7-3-2-4-8-14)11-18(24-19)22-16-10-6-5-9-15(16)20/h2-11,13,25H,12H2,1H3,(H2,21,22,23,24)/t13-/m1/s1. The molecule has 128 valence electrons. The van der Waals surface area contributed by atoms with Gasteiger partial charge >= 0.3 is 0 Å². The first-order chi connectivity index (χ1) is 12.2. The van der Waals surface area contributed by atoms with Crippen molar-refractivity contribution in [3.8, 4) is 11.3 Å². The first-order valence-corrected chi connectivity index (χ1v) is 8.37. The van der Waals surface area contributed by atoms with Gasteiger partial charge in [-0.15, -0.1) is 0 Å². The molecule has 0 saturated heterocycles. The first kappa shape index (κ1) is 17.2. The maximum Gasteiger partial charge on any atom is 0.225 e. The molecule has 0 radical (unpaired) electrons. The molecule has 1 atom stereocenters. The van der Waals surface area contributed by atoms with E-state index in [-0.39, 0.29) is 12.6 Å². The molecule has 6 heteroatoms. The fourth-order valence-corrected chi connectivity index (χ4v) is 2.48. The average Bonchev–Trinajstić information content (AvgIpc) is 2.64. The lowest BCUT2D eigenvalue weighted by Gasteiger charge is -2.14. The van der Waals surface area contributed by atoms with Crippen LogP contribution in [0.5, 0.6) is 0 Å². The van der Waals surface area contributed by atoms with E-state index in [1.54, 1.807) is 0 Å². The van der Waals surface area contributed by atoms with E-state index in [4.69, 9.17) is 11.6 Å². The van der Waals surface area contributed by atoms with Crippen LogP contribution in [0.4, 0.5) is 17.5 Å². The largest absolute Gasteiger partial charge is 0.394 e. The summed E-state index contributed by atoms with van der Waals surface area (Å²) in [6.07, 6.45) is 0. The molecule has 5 nitrogen and oxygen atoms in total. The molecule has 1 aromatic heterocycles. The van der Waals surface area contributed by atoms with Crippen LogP contribution in [0.2, 0.25) is 5.02 Å². The quantitative estimate of drug-likeness (QED) is 0.614. The molecule has 3 aromatic rings. The molecule has 2 aromatic carbocycles. The highest BCUT2D eigenvalue weighted by Crippen LogP contribution is 2.27. The first-order valence-electron chi connectivity index (χ1n) is 7.99. The molecule has 0 unspecified atom stereocenters. The monoisotopic (exact) mass is 354 g/mol. The summed E-state index contributed by atoms with van der Waals surface area (Å²) in [5.41, 5.74) is 2.52. The Morgan fingerprint density at radius 3 is 2.48 bits per heavy atom. The topological polar surface area (TPSA) is 70.1 Å². The van der Waals surface area contributed by atoms with Crippen molar-refractivity contribution >= 4 is 29.1 Å². The van der Waals surface area contributed by atoms with Gasteiger partial charge < -0.3 is 15.7 Å². The van der Waals surface area contributed by atoms with E-state index in [0.29, 0.717) is 16.8 Å². The van der Waals surface area contributed by atoms with Gasteiger partial charge in [-0.25, -0.2) is 4.98 Å². The fraction of sp³-hybridized carbons (Fsp3) is 0.158. The van der Waals surface area contributed by atoms with Gasteiger partial charge in [-0.3, -0.25) is 0 Å². The van der Waals surface area contributed by atoms with Crippen LogP contribution in [0.25, 0.3) is 11.3 Å². The van der Waals surface area contributed by atoms with Crippen molar-refractivity contribution in [1.82, 2.24) is 9.97 Å². The predicted octanol–water partition coefficient (Wildman–Crippen LogP) is 4.33. The minimum absolute atomic E-state index is 0.00774. The second-order valence-corrected chi connectivity index (χ2v) is 6.07. The van der Waals surface area contributed by atoms with Crippen molar-refractivity contribution in [2.24, 2.45) is 0 Å². The Morgan fingerprint density at radius 2 is 1.76 bits per heavy atom. The molecule has 0 aliphatic carbocycles. The molecule has 0 aliphatic heterocycles. The van der Waals surface area contributed by atoms with Crippen LogP contribution in [0, 0.1) is 0 Å². The van der Waals surface area contributed by atoms with Gasteiger partial charge in [0.05, 0.1) is 23.0 Å². The van der Waals surface area contributed by atoms with E-state index in [0.717, 1.165) is 16.9 Å². The number of hydrogen-bond acceptors (Lipinski definition) is 5. The van der Waals surface area contributed by atoms with Gasteiger partial charge in [-0.1, -0.05) is 54.1 Å². The molecule has 1 heterocycles. The number of aliphatic hydroxyl groups is 1. The number of anilines is 3. The normalized spacial score (nSPS) is 11.8. The Kier molecular flexibility index (Phi) is 5.48. The number of halogens is 1. The van der Waals surface area contributed by atoms with Gasteiger partial charge in [0.15, 0.2) is 0 Å². The SMILES string of the molecule is C[C@H](CO)Nc1nc(Nc2ccccc2Cl)cc(-c2ccccc2)n1. The second kappa shape index (κ2) is 7.96. The van der Waals surface area contributed by atoms with Gasteiger partial charge in [0, 0.05) is 17.7 Å². The second-order valence-electron chi connectivity index (χ2n) is 5.66. The van der Waals surface area contributed by atoms with Crippen LogP contribution in [-0.4, -0.2) is 27.7 Å². The summed E-state index contributed by atoms with van der Waals surface area (Å²) in [6.45, 7) is 1.85. The number of aromatic nitrogens is 2. The summed E-state index contributed by atoms with van der Waals surface area (Å²) in [4.78, 5) is 9.03. The zero-order chi connectivity index (χ0) is 17.6. The van der Waals surface area contributed by atoms with Crippen molar-refractivity contribution in [1.29, 1.82) is 0 Å². The maximum absolute atomic E-state index is 9.27. The highest BCUT2D eigenvalue weighted by Gasteiger charge is 2.10.